The molecule has 88 valence electrons. The fourth-order valence-electron chi connectivity index (χ4n) is 1.60. The number of nitrogens with one attached hydrogen (secondary N) is 1. The second-order valence-electron chi connectivity index (χ2n) is 3.96. The molecule has 0 aliphatic carbocycles. The van der Waals surface area contributed by atoms with Gasteiger partial charge in [-0.05, 0) is 13.3 Å². The van der Waals surface area contributed by atoms with Crippen LogP contribution < -0.4 is 16.0 Å². The van der Waals surface area contributed by atoms with Crippen molar-refractivity contribution >= 4 is 22.4 Å². The van der Waals surface area contributed by atoms with E-state index in [0.717, 1.165) is 29.5 Å². The van der Waals surface area contributed by atoms with Crippen molar-refractivity contribution in [2.45, 2.75) is 19.4 Å². The largest absolute Gasteiger partial charge is 0.354 e. The van der Waals surface area contributed by atoms with Gasteiger partial charge < -0.3 is 16.0 Å². The first kappa shape index (κ1) is 11.3. The van der Waals surface area contributed by atoms with Crippen LogP contribution in [0.5, 0.6) is 0 Å². The van der Waals surface area contributed by atoms with Gasteiger partial charge in [-0.3, -0.25) is 4.79 Å². The predicted molar refractivity (Wildman–Crippen MR) is 64.6 cm³/mol. The fourth-order valence-corrected chi connectivity index (χ4v) is 2.50. The highest BCUT2D eigenvalue weighted by Crippen LogP contribution is 2.26. The number of amides is 1. The molecule has 1 atom stereocenters. The average Bonchev–Trinajstić information content (AvgIpc) is 2.63. The molecule has 5 nitrogen and oxygen atoms in total. The Morgan fingerprint density at radius 2 is 2.50 bits per heavy atom. The number of rotatable bonds is 2. The van der Waals surface area contributed by atoms with E-state index in [9.17, 15) is 4.79 Å². The Labute approximate surface area is 98.7 Å². The van der Waals surface area contributed by atoms with Crippen LogP contribution in [0.15, 0.2) is 6.20 Å². The zero-order valence-corrected chi connectivity index (χ0v) is 10.1. The van der Waals surface area contributed by atoms with E-state index in [0.29, 0.717) is 6.54 Å². The van der Waals surface area contributed by atoms with Gasteiger partial charge in [-0.15, -0.1) is 11.3 Å². The number of nitrogens with two attached hydrogens (primary N) is 1. The molecule has 1 unspecified atom stereocenters. The third-order valence-corrected chi connectivity index (χ3v) is 3.75. The molecule has 1 aromatic heterocycles. The van der Waals surface area contributed by atoms with Gasteiger partial charge in [0.1, 0.15) is 0 Å². The monoisotopic (exact) mass is 240 g/mol. The summed E-state index contributed by atoms with van der Waals surface area (Å²) in [6.07, 6.45) is 2.76. The maximum absolute atomic E-state index is 11.4. The zero-order chi connectivity index (χ0) is 11.5. The third kappa shape index (κ3) is 2.51. The van der Waals surface area contributed by atoms with Crippen LogP contribution in [0, 0.1) is 0 Å². The Morgan fingerprint density at radius 1 is 1.69 bits per heavy atom. The lowest BCUT2D eigenvalue weighted by molar-refractivity contribution is -0.119. The molecule has 1 saturated heterocycles. The summed E-state index contributed by atoms with van der Waals surface area (Å²) >= 11 is 1.57. The van der Waals surface area contributed by atoms with Crippen LogP contribution in [0.1, 0.15) is 24.3 Å². The molecule has 0 spiro atoms. The van der Waals surface area contributed by atoms with Crippen molar-refractivity contribution in [3.05, 3.63) is 11.1 Å². The number of hydrogen-bond acceptors (Lipinski definition) is 5. The summed E-state index contributed by atoms with van der Waals surface area (Å²) in [5.41, 5.74) is 5.79. The topological polar surface area (TPSA) is 71.2 Å². The van der Waals surface area contributed by atoms with Crippen LogP contribution >= 0.6 is 11.3 Å². The maximum Gasteiger partial charge on any atom is 0.239 e. The van der Waals surface area contributed by atoms with Gasteiger partial charge in [-0.1, -0.05) is 0 Å². The minimum atomic E-state index is 0.00653. The molecule has 0 bridgehead atoms. The summed E-state index contributed by atoms with van der Waals surface area (Å²) in [7, 11) is 0. The summed E-state index contributed by atoms with van der Waals surface area (Å²) in [5, 5.41) is 3.74. The summed E-state index contributed by atoms with van der Waals surface area (Å²) in [6, 6.07) is 0.00653. The van der Waals surface area contributed by atoms with Crippen molar-refractivity contribution in [2.24, 2.45) is 5.73 Å². The lowest BCUT2D eigenvalue weighted by Gasteiger charge is -2.17. The summed E-state index contributed by atoms with van der Waals surface area (Å²) in [4.78, 5) is 18.8. The molecule has 0 radical (unpaired) electrons. The number of thiazole rings is 1. The van der Waals surface area contributed by atoms with Gasteiger partial charge in [0.25, 0.3) is 0 Å². The first-order valence-electron chi connectivity index (χ1n) is 5.40. The molecule has 16 heavy (non-hydrogen) atoms. The standard InChI is InChI=1S/C10H16N4OS/c1-7(11)8-5-13-10(16-8)14-4-2-3-12-9(15)6-14/h5,7H,2-4,6,11H2,1H3,(H,12,15). The Hall–Kier alpha value is -1.14. The highest BCUT2D eigenvalue weighted by atomic mass is 32.1. The highest BCUT2D eigenvalue weighted by molar-refractivity contribution is 7.15. The smallest absolute Gasteiger partial charge is 0.239 e. The van der Waals surface area contributed by atoms with Gasteiger partial charge in [0, 0.05) is 30.2 Å². The number of nitrogens with zero attached hydrogens (tertiary/aromatic N) is 2. The second-order valence-corrected chi connectivity index (χ2v) is 5.00. The first-order chi connectivity index (χ1) is 7.66. The van der Waals surface area contributed by atoms with Crippen LogP contribution in [-0.2, 0) is 4.79 Å². The van der Waals surface area contributed by atoms with Gasteiger partial charge in [0.2, 0.25) is 5.91 Å². The van der Waals surface area contributed by atoms with E-state index in [-0.39, 0.29) is 11.9 Å². The molecule has 0 aromatic carbocycles. The van der Waals surface area contributed by atoms with Crippen LogP contribution in [0.4, 0.5) is 5.13 Å². The summed E-state index contributed by atoms with van der Waals surface area (Å²) in [6.45, 7) is 3.95. The predicted octanol–water partition coefficient (Wildman–Crippen LogP) is 0.489. The second kappa shape index (κ2) is 4.80. The maximum atomic E-state index is 11.4. The molecule has 1 aromatic rings. The zero-order valence-electron chi connectivity index (χ0n) is 9.27. The van der Waals surface area contributed by atoms with Crippen molar-refractivity contribution in [3.63, 3.8) is 0 Å². The van der Waals surface area contributed by atoms with Gasteiger partial charge >= 0.3 is 0 Å². The number of carbonyl (C=O) groups is 1. The summed E-state index contributed by atoms with van der Waals surface area (Å²) < 4.78 is 0. The SMILES string of the molecule is CC(N)c1cnc(N2CCCNC(=O)C2)s1. The Morgan fingerprint density at radius 3 is 3.19 bits per heavy atom. The van der Waals surface area contributed by atoms with Crippen molar-refractivity contribution < 1.29 is 4.79 Å². The number of carbonyl (C=O) groups excluding carboxylic acids is 1. The van der Waals surface area contributed by atoms with Crippen LogP contribution in [0.2, 0.25) is 0 Å². The normalized spacial score (nSPS) is 19.1. The van der Waals surface area contributed by atoms with E-state index in [1.807, 2.05) is 11.8 Å². The molecule has 3 N–H and O–H groups in total. The van der Waals surface area contributed by atoms with E-state index >= 15 is 0 Å². The lowest BCUT2D eigenvalue weighted by atomic mass is 10.3. The Balaban J connectivity index is 2.12. The van der Waals surface area contributed by atoms with Gasteiger partial charge in [0.15, 0.2) is 5.13 Å². The van der Waals surface area contributed by atoms with Gasteiger partial charge in [-0.2, -0.15) is 0 Å². The fraction of sp³-hybridized carbons (Fsp3) is 0.600. The molecule has 6 heteroatoms. The minimum Gasteiger partial charge on any atom is -0.354 e. The van der Waals surface area contributed by atoms with E-state index < -0.39 is 0 Å². The molecular formula is C10H16N4OS. The number of anilines is 1. The van der Waals surface area contributed by atoms with Crippen molar-refractivity contribution in [1.82, 2.24) is 10.3 Å². The van der Waals surface area contributed by atoms with Crippen molar-refractivity contribution in [1.29, 1.82) is 0 Å². The molecule has 1 aliphatic rings. The average molecular weight is 240 g/mol. The van der Waals surface area contributed by atoms with Crippen molar-refractivity contribution in [2.75, 3.05) is 24.5 Å². The molecule has 1 fully saturated rings. The third-order valence-electron chi connectivity index (χ3n) is 2.49. The minimum absolute atomic E-state index is 0.00653. The van der Waals surface area contributed by atoms with Crippen LogP contribution in [0.25, 0.3) is 0 Å². The van der Waals surface area contributed by atoms with Crippen LogP contribution in [0.3, 0.4) is 0 Å². The van der Waals surface area contributed by atoms with Crippen LogP contribution in [-0.4, -0.2) is 30.5 Å². The van der Waals surface area contributed by atoms with E-state index in [4.69, 9.17) is 5.73 Å². The molecule has 2 rings (SSSR count). The highest BCUT2D eigenvalue weighted by Gasteiger charge is 2.18. The first-order valence-corrected chi connectivity index (χ1v) is 6.21. The van der Waals surface area contributed by atoms with E-state index in [1.54, 1.807) is 17.5 Å². The number of aromatic nitrogens is 1. The van der Waals surface area contributed by atoms with E-state index in [2.05, 4.69) is 10.3 Å². The molecule has 1 aliphatic heterocycles. The molecule has 1 amide bonds. The Kier molecular flexibility index (Phi) is 3.40. The number of hydrogen-bond donors (Lipinski definition) is 2. The molecular weight excluding hydrogens is 224 g/mol. The van der Waals surface area contributed by atoms with E-state index in [1.165, 1.54) is 0 Å². The lowest BCUT2D eigenvalue weighted by Crippen LogP contribution is -2.32. The molecule has 0 saturated carbocycles. The Bertz CT molecular complexity index is 377. The quantitative estimate of drug-likeness (QED) is 0.789. The van der Waals surface area contributed by atoms with Gasteiger partial charge in [-0.25, -0.2) is 4.98 Å². The van der Waals surface area contributed by atoms with Crippen molar-refractivity contribution in [3.8, 4) is 0 Å². The van der Waals surface area contributed by atoms with Gasteiger partial charge in [0.05, 0.1) is 6.54 Å². The molecule has 2 heterocycles. The summed E-state index contributed by atoms with van der Waals surface area (Å²) in [5.74, 6) is 0.0649.